The number of aromatic hydroxyl groups is 1. The smallest absolute Gasteiger partial charge is 0.163 e. The summed E-state index contributed by atoms with van der Waals surface area (Å²) in [5.41, 5.74) is 1.32. The number of phenolic OH excluding ortho intramolecular Hbond substituents is 1. The van der Waals surface area contributed by atoms with E-state index in [0.29, 0.717) is 17.9 Å². The molecule has 0 amide bonds. The number of benzene rings is 1. The maximum absolute atomic E-state index is 11.4. The van der Waals surface area contributed by atoms with E-state index in [1.54, 1.807) is 12.1 Å². The molecule has 1 rings (SSSR count). The fourth-order valence-corrected chi connectivity index (χ4v) is 2.02. The molecule has 1 aromatic rings. The fraction of sp³-hybridized carbons (Fsp3) is 0.562. The second-order valence-corrected chi connectivity index (χ2v) is 5.25. The van der Waals surface area contributed by atoms with Crippen LogP contribution in [-0.2, 0) is 6.42 Å². The van der Waals surface area contributed by atoms with E-state index >= 15 is 0 Å². The zero-order valence-electron chi connectivity index (χ0n) is 13.3. The molecule has 4 nitrogen and oxygen atoms in total. The number of unbranched alkanes of at least 4 members (excludes halogenated alkanes) is 1. The quantitative estimate of drug-likeness (QED) is 0.590. The van der Waals surface area contributed by atoms with Crippen molar-refractivity contribution in [2.24, 2.45) is 0 Å². The first kappa shape index (κ1) is 19.7. The minimum absolute atomic E-state index is 0. The van der Waals surface area contributed by atoms with Crippen molar-refractivity contribution in [2.75, 3.05) is 27.2 Å². The van der Waals surface area contributed by atoms with E-state index in [9.17, 15) is 9.90 Å². The summed E-state index contributed by atoms with van der Waals surface area (Å²) in [6.07, 6.45) is 2.82. The van der Waals surface area contributed by atoms with Crippen molar-refractivity contribution in [1.82, 2.24) is 4.90 Å². The van der Waals surface area contributed by atoms with Gasteiger partial charge in [0.25, 0.3) is 0 Å². The van der Waals surface area contributed by atoms with E-state index in [-0.39, 0.29) is 23.9 Å². The lowest BCUT2D eigenvalue weighted by Crippen LogP contribution is -2.13. The molecule has 0 saturated heterocycles. The van der Waals surface area contributed by atoms with E-state index in [2.05, 4.69) is 19.0 Å². The number of carbonyl (C=O) groups excluding carboxylic acids is 1. The van der Waals surface area contributed by atoms with Crippen molar-refractivity contribution in [1.29, 1.82) is 0 Å². The minimum atomic E-state index is -0.130. The maximum Gasteiger partial charge on any atom is 0.163 e. The Balaban J connectivity index is 0.00000400. The molecule has 5 heteroatoms. The van der Waals surface area contributed by atoms with Crippen LogP contribution in [0.25, 0.3) is 0 Å². The second kappa shape index (κ2) is 9.64. The molecule has 0 aliphatic carbocycles. The molecule has 0 aliphatic rings. The van der Waals surface area contributed by atoms with E-state index in [4.69, 9.17) is 4.74 Å². The topological polar surface area (TPSA) is 49.8 Å². The predicted molar refractivity (Wildman–Crippen MR) is 88.0 cm³/mol. The molecule has 0 radical (unpaired) electrons. The second-order valence-electron chi connectivity index (χ2n) is 5.25. The first-order chi connectivity index (χ1) is 9.45. The number of aryl methyl sites for hydroxylation is 1. The van der Waals surface area contributed by atoms with Gasteiger partial charge in [-0.25, -0.2) is 0 Å². The Morgan fingerprint density at radius 3 is 2.48 bits per heavy atom. The number of ether oxygens (including phenoxy) is 1. The number of nitrogens with zero attached hydrogens (tertiary/aromatic N) is 1. The molecule has 1 N–H and O–H groups in total. The predicted octanol–water partition coefficient (Wildman–Crippen LogP) is 3.30. The van der Waals surface area contributed by atoms with Crippen LogP contribution in [0.15, 0.2) is 12.1 Å². The summed E-state index contributed by atoms with van der Waals surface area (Å²) in [5.74, 6) is 0.549. The number of Topliss-reactive ketones (excluding diaryl/α,β-unsaturated/α-hetero) is 1. The van der Waals surface area contributed by atoms with Gasteiger partial charge < -0.3 is 14.7 Å². The summed E-state index contributed by atoms with van der Waals surface area (Å²) >= 11 is 0. The van der Waals surface area contributed by atoms with Crippen molar-refractivity contribution in [2.45, 2.75) is 33.1 Å². The largest absolute Gasteiger partial charge is 0.507 e. The van der Waals surface area contributed by atoms with Gasteiger partial charge in [0.15, 0.2) is 5.78 Å². The summed E-state index contributed by atoms with van der Waals surface area (Å²) in [6.45, 7) is 5.13. The van der Waals surface area contributed by atoms with Crippen LogP contribution in [0.2, 0.25) is 0 Å². The van der Waals surface area contributed by atoms with E-state index in [1.807, 2.05) is 6.92 Å². The molecule has 21 heavy (non-hydrogen) atoms. The van der Waals surface area contributed by atoms with Gasteiger partial charge in [-0.1, -0.05) is 6.92 Å². The van der Waals surface area contributed by atoms with Gasteiger partial charge in [-0.05, 0) is 58.5 Å². The normalized spacial score (nSPS) is 10.3. The first-order valence-electron chi connectivity index (χ1n) is 7.10. The van der Waals surface area contributed by atoms with Crippen LogP contribution >= 0.6 is 12.4 Å². The molecular formula is C16H26ClNO3. The van der Waals surface area contributed by atoms with Crippen LogP contribution in [0.1, 0.15) is 42.6 Å². The number of ketones is 1. The molecule has 0 saturated carbocycles. The molecule has 0 unspecified atom stereocenters. The first-order valence-corrected chi connectivity index (χ1v) is 7.10. The lowest BCUT2D eigenvalue weighted by atomic mass is 10.0. The van der Waals surface area contributed by atoms with E-state index in [0.717, 1.165) is 31.4 Å². The Kier molecular flexibility index (Phi) is 9.06. The van der Waals surface area contributed by atoms with E-state index in [1.165, 1.54) is 6.92 Å². The number of hydrogen-bond donors (Lipinski definition) is 1. The highest BCUT2D eigenvalue weighted by molar-refractivity contribution is 5.97. The Morgan fingerprint density at radius 2 is 1.95 bits per heavy atom. The Hall–Kier alpha value is -1.26. The van der Waals surface area contributed by atoms with Gasteiger partial charge in [-0.15, -0.1) is 12.4 Å². The lowest BCUT2D eigenvalue weighted by Gasteiger charge is -2.14. The summed E-state index contributed by atoms with van der Waals surface area (Å²) in [5, 5.41) is 9.85. The van der Waals surface area contributed by atoms with Crippen molar-refractivity contribution >= 4 is 18.2 Å². The van der Waals surface area contributed by atoms with Gasteiger partial charge in [-0.3, -0.25) is 4.79 Å². The van der Waals surface area contributed by atoms with Gasteiger partial charge in [0.1, 0.15) is 11.5 Å². The zero-order valence-corrected chi connectivity index (χ0v) is 14.1. The highest BCUT2D eigenvalue weighted by atomic mass is 35.5. The molecular weight excluding hydrogens is 290 g/mol. The summed E-state index contributed by atoms with van der Waals surface area (Å²) in [4.78, 5) is 13.5. The fourth-order valence-electron chi connectivity index (χ4n) is 2.02. The zero-order chi connectivity index (χ0) is 15.1. The Bertz CT molecular complexity index is 461. The molecule has 0 aliphatic heterocycles. The average molecular weight is 316 g/mol. The lowest BCUT2D eigenvalue weighted by molar-refractivity contribution is 0.101. The Labute approximate surface area is 133 Å². The van der Waals surface area contributed by atoms with Gasteiger partial charge in [0, 0.05) is 6.07 Å². The third-order valence-electron chi connectivity index (χ3n) is 3.20. The summed E-state index contributed by atoms with van der Waals surface area (Å²) < 4.78 is 5.74. The van der Waals surface area contributed by atoms with Crippen molar-refractivity contribution < 1.29 is 14.6 Å². The minimum Gasteiger partial charge on any atom is -0.507 e. The highest BCUT2D eigenvalue weighted by Crippen LogP contribution is 2.29. The molecule has 1 aromatic carbocycles. The standard InChI is InChI=1S/C16H25NO3.ClH/c1-5-13-10-14(12(2)18)15(19)11-16(13)20-9-7-6-8-17(3)4;/h10-11,19H,5-9H2,1-4H3;1H. The number of rotatable bonds is 8. The highest BCUT2D eigenvalue weighted by Gasteiger charge is 2.12. The Morgan fingerprint density at radius 1 is 1.29 bits per heavy atom. The molecule has 0 spiro atoms. The van der Waals surface area contributed by atoms with Crippen LogP contribution in [-0.4, -0.2) is 43.0 Å². The summed E-state index contributed by atoms with van der Waals surface area (Å²) in [7, 11) is 4.10. The average Bonchev–Trinajstić information content (AvgIpc) is 2.37. The molecule has 120 valence electrons. The van der Waals surface area contributed by atoms with Gasteiger partial charge >= 0.3 is 0 Å². The molecule has 0 atom stereocenters. The van der Waals surface area contributed by atoms with Crippen LogP contribution in [0.3, 0.4) is 0 Å². The van der Waals surface area contributed by atoms with Crippen molar-refractivity contribution in [3.05, 3.63) is 23.3 Å². The number of hydrogen-bond acceptors (Lipinski definition) is 4. The third-order valence-corrected chi connectivity index (χ3v) is 3.20. The van der Waals surface area contributed by atoms with Crippen LogP contribution < -0.4 is 4.74 Å². The number of halogens is 1. The van der Waals surface area contributed by atoms with Crippen molar-refractivity contribution in [3.8, 4) is 11.5 Å². The van der Waals surface area contributed by atoms with Gasteiger partial charge in [0.2, 0.25) is 0 Å². The number of phenols is 1. The van der Waals surface area contributed by atoms with Crippen LogP contribution in [0.5, 0.6) is 11.5 Å². The third kappa shape index (κ3) is 6.36. The monoisotopic (exact) mass is 315 g/mol. The van der Waals surface area contributed by atoms with Crippen molar-refractivity contribution in [3.63, 3.8) is 0 Å². The SMILES string of the molecule is CCc1cc(C(C)=O)c(O)cc1OCCCCN(C)C.Cl. The van der Waals surface area contributed by atoms with Gasteiger partial charge in [0.05, 0.1) is 12.2 Å². The number of carbonyl (C=O) groups is 1. The maximum atomic E-state index is 11.4. The molecule has 0 fully saturated rings. The summed E-state index contributed by atoms with van der Waals surface area (Å²) in [6, 6.07) is 3.29. The van der Waals surface area contributed by atoms with E-state index < -0.39 is 0 Å². The molecule has 0 heterocycles. The van der Waals surface area contributed by atoms with Crippen LogP contribution in [0, 0.1) is 0 Å². The molecule has 0 aromatic heterocycles. The van der Waals surface area contributed by atoms with Crippen LogP contribution in [0.4, 0.5) is 0 Å². The molecule has 0 bridgehead atoms. The van der Waals surface area contributed by atoms with Gasteiger partial charge in [-0.2, -0.15) is 0 Å².